The van der Waals surface area contributed by atoms with Gasteiger partial charge in [-0.05, 0) is 25.1 Å². The molecule has 0 atom stereocenters. The summed E-state index contributed by atoms with van der Waals surface area (Å²) >= 11 is 5.90. The number of ketones is 1. The molecule has 0 aliphatic carbocycles. The zero-order valence-corrected chi connectivity index (χ0v) is 9.58. The first kappa shape index (κ1) is 12.5. The minimum absolute atomic E-state index is 0.0643. The van der Waals surface area contributed by atoms with Crippen molar-refractivity contribution < 1.29 is 14.3 Å². The first-order chi connectivity index (χ1) is 7.50. The standard InChI is InChI=1S/C11H12ClNO3/c1-7(14)8-2-3-10(9(12)6-8)16-5-4-11(13)15/h2-3,6H,4-5H2,1H3,(H2,13,15). The summed E-state index contributed by atoms with van der Waals surface area (Å²) < 4.78 is 5.24. The SMILES string of the molecule is CC(=O)c1ccc(OCCC(N)=O)c(Cl)c1. The molecule has 86 valence electrons. The number of hydrogen-bond acceptors (Lipinski definition) is 3. The van der Waals surface area contributed by atoms with Crippen LogP contribution in [0.2, 0.25) is 5.02 Å². The predicted molar refractivity (Wildman–Crippen MR) is 60.8 cm³/mol. The second-order valence-corrected chi connectivity index (χ2v) is 3.67. The van der Waals surface area contributed by atoms with Crippen LogP contribution in [0.25, 0.3) is 0 Å². The average Bonchev–Trinajstić information content (AvgIpc) is 2.19. The molecular weight excluding hydrogens is 230 g/mol. The van der Waals surface area contributed by atoms with Crippen LogP contribution >= 0.6 is 11.6 Å². The Morgan fingerprint density at radius 1 is 1.44 bits per heavy atom. The molecule has 0 aromatic heterocycles. The Morgan fingerprint density at radius 3 is 2.62 bits per heavy atom. The molecule has 0 saturated carbocycles. The molecule has 0 spiro atoms. The Labute approximate surface area is 98.3 Å². The van der Waals surface area contributed by atoms with E-state index in [-0.39, 0.29) is 18.8 Å². The lowest BCUT2D eigenvalue weighted by Crippen LogP contribution is -2.14. The highest BCUT2D eigenvalue weighted by atomic mass is 35.5. The van der Waals surface area contributed by atoms with E-state index in [1.165, 1.54) is 13.0 Å². The van der Waals surface area contributed by atoms with Crippen molar-refractivity contribution in [1.29, 1.82) is 0 Å². The Kier molecular flexibility index (Phi) is 4.31. The molecule has 1 aromatic rings. The molecule has 0 radical (unpaired) electrons. The monoisotopic (exact) mass is 241 g/mol. The smallest absolute Gasteiger partial charge is 0.220 e. The molecule has 0 fully saturated rings. The Hall–Kier alpha value is -1.55. The van der Waals surface area contributed by atoms with Crippen molar-refractivity contribution in [2.24, 2.45) is 5.73 Å². The second kappa shape index (κ2) is 5.51. The highest BCUT2D eigenvalue weighted by molar-refractivity contribution is 6.32. The number of amides is 1. The van der Waals surface area contributed by atoms with Crippen LogP contribution in [-0.2, 0) is 4.79 Å². The molecule has 0 bridgehead atoms. The fourth-order valence-corrected chi connectivity index (χ4v) is 1.33. The first-order valence-corrected chi connectivity index (χ1v) is 5.10. The minimum atomic E-state index is -0.434. The Bertz CT molecular complexity index is 418. The van der Waals surface area contributed by atoms with Gasteiger partial charge in [0.1, 0.15) is 5.75 Å². The number of rotatable bonds is 5. The molecule has 2 N–H and O–H groups in total. The fraction of sp³-hybridized carbons (Fsp3) is 0.273. The van der Waals surface area contributed by atoms with Gasteiger partial charge in [-0.3, -0.25) is 9.59 Å². The lowest BCUT2D eigenvalue weighted by molar-refractivity contribution is -0.118. The van der Waals surface area contributed by atoms with E-state index >= 15 is 0 Å². The fourth-order valence-electron chi connectivity index (χ4n) is 1.10. The van der Waals surface area contributed by atoms with Gasteiger partial charge >= 0.3 is 0 Å². The largest absolute Gasteiger partial charge is 0.491 e. The number of carbonyl (C=O) groups excluding carboxylic acids is 2. The van der Waals surface area contributed by atoms with Crippen LogP contribution in [0.15, 0.2) is 18.2 Å². The van der Waals surface area contributed by atoms with Crippen molar-refractivity contribution in [2.45, 2.75) is 13.3 Å². The molecule has 0 aliphatic heterocycles. The van der Waals surface area contributed by atoms with Crippen LogP contribution in [0, 0.1) is 0 Å². The molecular formula is C11H12ClNO3. The van der Waals surface area contributed by atoms with Crippen molar-refractivity contribution in [3.63, 3.8) is 0 Å². The summed E-state index contributed by atoms with van der Waals surface area (Å²) in [6, 6.07) is 4.75. The van der Waals surface area contributed by atoms with E-state index in [1.54, 1.807) is 12.1 Å². The van der Waals surface area contributed by atoms with E-state index in [0.717, 1.165) is 0 Å². The number of benzene rings is 1. The maximum atomic E-state index is 11.1. The lowest BCUT2D eigenvalue weighted by Gasteiger charge is -2.07. The van der Waals surface area contributed by atoms with Crippen molar-refractivity contribution in [3.05, 3.63) is 28.8 Å². The van der Waals surface area contributed by atoms with Gasteiger partial charge in [0, 0.05) is 5.56 Å². The van der Waals surface area contributed by atoms with Gasteiger partial charge in [0.05, 0.1) is 18.1 Å². The molecule has 1 amide bonds. The third-order valence-corrected chi connectivity index (χ3v) is 2.24. The van der Waals surface area contributed by atoms with Gasteiger partial charge in [0.15, 0.2) is 5.78 Å². The first-order valence-electron chi connectivity index (χ1n) is 4.72. The van der Waals surface area contributed by atoms with Crippen molar-refractivity contribution in [2.75, 3.05) is 6.61 Å². The average molecular weight is 242 g/mol. The topological polar surface area (TPSA) is 69.4 Å². The van der Waals surface area contributed by atoms with Crippen LogP contribution in [0.3, 0.4) is 0 Å². The second-order valence-electron chi connectivity index (χ2n) is 3.27. The third-order valence-electron chi connectivity index (χ3n) is 1.94. The third kappa shape index (κ3) is 3.55. The van der Waals surface area contributed by atoms with Crippen LogP contribution in [0.1, 0.15) is 23.7 Å². The highest BCUT2D eigenvalue weighted by Crippen LogP contribution is 2.25. The molecule has 16 heavy (non-hydrogen) atoms. The molecule has 0 heterocycles. The number of nitrogens with two attached hydrogens (primary N) is 1. The van der Waals surface area contributed by atoms with Gasteiger partial charge in [0.2, 0.25) is 5.91 Å². The Morgan fingerprint density at radius 2 is 2.12 bits per heavy atom. The summed E-state index contributed by atoms with van der Waals surface area (Å²) in [7, 11) is 0. The van der Waals surface area contributed by atoms with Crippen LogP contribution in [-0.4, -0.2) is 18.3 Å². The van der Waals surface area contributed by atoms with Gasteiger partial charge in [-0.1, -0.05) is 11.6 Å². The van der Waals surface area contributed by atoms with Gasteiger partial charge in [-0.2, -0.15) is 0 Å². The summed E-state index contributed by atoms with van der Waals surface area (Å²) in [5.41, 5.74) is 5.48. The zero-order chi connectivity index (χ0) is 12.1. The maximum absolute atomic E-state index is 11.1. The van der Waals surface area contributed by atoms with Gasteiger partial charge < -0.3 is 10.5 Å². The quantitative estimate of drug-likeness (QED) is 0.799. The summed E-state index contributed by atoms with van der Waals surface area (Å²) in [5.74, 6) is -0.0602. The van der Waals surface area contributed by atoms with Crippen LogP contribution in [0.4, 0.5) is 0 Å². The summed E-state index contributed by atoms with van der Waals surface area (Å²) in [6.07, 6.45) is 0.130. The van der Waals surface area contributed by atoms with Crippen LogP contribution in [0.5, 0.6) is 5.75 Å². The van der Waals surface area contributed by atoms with E-state index in [0.29, 0.717) is 16.3 Å². The van der Waals surface area contributed by atoms with E-state index in [4.69, 9.17) is 22.1 Å². The number of halogens is 1. The van der Waals surface area contributed by atoms with Gasteiger partial charge in [0.25, 0.3) is 0 Å². The van der Waals surface area contributed by atoms with Crippen LogP contribution < -0.4 is 10.5 Å². The highest BCUT2D eigenvalue weighted by Gasteiger charge is 2.06. The molecule has 5 heteroatoms. The van der Waals surface area contributed by atoms with Gasteiger partial charge in [-0.15, -0.1) is 0 Å². The maximum Gasteiger partial charge on any atom is 0.220 e. The van der Waals surface area contributed by atoms with Crippen molar-refractivity contribution >= 4 is 23.3 Å². The molecule has 0 unspecified atom stereocenters. The van der Waals surface area contributed by atoms with E-state index in [9.17, 15) is 9.59 Å². The summed E-state index contributed by atoms with van der Waals surface area (Å²) in [5, 5.41) is 0.345. The number of hydrogen-bond donors (Lipinski definition) is 1. The number of Topliss-reactive ketones (excluding diaryl/α,β-unsaturated/α-hetero) is 1. The van der Waals surface area contributed by atoms with E-state index < -0.39 is 5.91 Å². The Balaban J connectivity index is 2.68. The predicted octanol–water partition coefficient (Wildman–Crippen LogP) is 1.80. The van der Waals surface area contributed by atoms with Crippen molar-refractivity contribution in [3.8, 4) is 5.75 Å². The lowest BCUT2D eigenvalue weighted by atomic mass is 10.1. The number of carbonyl (C=O) groups is 2. The molecule has 1 rings (SSSR count). The molecule has 0 aliphatic rings. The molecule has 0 saturated heterocycles. The summed E-state index contributed by atoms with van der Waals surface area (Å²) in [4.78, 5) is 21.5. The molecule has 4 nitrogen and oxygen atoms in total. The minimum Gasteiger partial charge on any atom is -0.491 e. The van der Waals surface area contributed by atoms with E-state index in [2.05, 4.69) is 0 Å². The summed E-state index contributed by atoms with van der Waals surface area (Å²) in [6.45, 7) is 1.63. The molecule has 1 aromatic carbocycles. The normalized spacial score (nSPS) is 9.88. The number of ether oxygens (including phenoxy) is 1. The van der Waals surface area contributed by atoms with Gasteiger partial charge in [-0.25, -0.2) is 0 Å². The van der Waals surface area contributed by atoms with Crippen molar-refractivity contribution in [1.82, 2.24) is 0 Å². The van der Waals surface area contributed by atoms with E-state index in [1.807, 2.05) is 0 Å². The number of primary amides is 1. The zero-order valence-electron chi connectivity index (χ0n) is 8.83.